The molecule has 170 valence electrons. The molecule has 1 aliphatic carbocycles. The summed E-state index contributed by atoms with van der Waals surface area (Å²) in [6.07, 6.45) is 5.33. The number of carbonyl (C=O) groups excluding carboxylic acids is 3. The molecule has 0 spiro atoms. The van der Waals surface area contributed by atoms with Crippen molar-refractivity contribution in [3.63, 3.8) is 0 Å². The number of nitrogens with one attached hydrogen (secondary N) is 2. The molecule has 1 fully saturated rings. The van der Waals surface area contributed by atoms with Gasteiger partial charge in [-0.15, -0.1) is 0 Å². The van der Waals surface area contributed by atoms with Crippen LogP contribution in [0.5, 0.6) is 0 Å². The van der Waals surface area contributed by atoms with E-state index in [-0.39, 0.29) is 36.6 Å². The number of amides is 3. The molecule has 32 heavy (non-hydrogen) atoms. The van der Waals surface area contributed by atoms with Gasteiger partial charge in [-0.05, 0) is 37.5 Å². The van der Waals surface area contributed by atoms with E-state index in [1.165, 1.54) is 22.1 Å². The van der Waals surface area contributed by atoms with E-state index in [4.69, 9.17) is 11.6 Å². The Hall–Kier alpha value is -2.87. The van der Waals surface area contributed by atoms with E-state index in [1.807, 2.05) is 12.1 Å². The highest BCUT2D eigenvalue weighted by Crippen LogP contribution is 2.27. The lowest BCUT2D eigenvalue weighted by molar-refractivity contribution is -0.133. The fourth-order valence-electron chi connectivity index (χ4n) is 4.35. The van der Waals surface area contributed by atoms with E-state index in [0.717, 1.165) is 31.2 Å². The van der Waals surface area contributed by atoms with Crippen molar-refractivity contribution in [2.75, 3.05) is 7.05 Å². The number of fused-ring (bicyclic) bond motifs is 1. The lowest BCUT2D eigenvalue weighted by Crippen LogP contribution is -2.63. The molecule has 1 aromatic heterocycles. The van der Waals surface area contributed by atoms with Crippen molar-refractivity contribution in [3.05, 3.63) is 52.3 Å². The maximum absolute atomic E-state index is 13.1. The van der Waals surface area contributed by atoms with E-state index >= 15 is 0 Å². The molecule has 0 unspecified atom stereocenters. The summed E-state index contributed by atoms with van der Waals surface area (Å²) in [4.78, 5) is 40.3. The average Bonchev–Trinajstić information content (AvgIpc) is 3.20. The Bertz CT molecular complexity index is 1050. The quantitative estimate of drug-likeness (QED) is 0.721. The van der Waals surface area contributed by atoms with Gasteiger partial charge in [-0.2, -0.15) is 5.10 Å². The van der Waals surface area contributed by atoms with Crippen LogP contribution >= 0.6 is 11.6 Å². The van der Waals surface area contributed by atoms with E-state index < -0.39 is 11.4 Å². The van der Waals surface area contributed by atoms with Gasteiger partial charge in [0.05, 0.1) is 6.54 Å². The molecule has 2 heterocycles. The molecule has 0 bridgehead atoms. The maximum atomic E-state index is 13.1. The van der Waals surface area contributed by atoms with Gasteiger partial charge in [-0.1, -0.05) is 43.0 Å². The van der Waals surface area contributed by atoms with Crippen LogP contribution < -0.4 is 10.6 Å². The minimum absolute atomic E-state index is 0.140. The van der Waals surface area contributed by atoms with Crippen LogP contribution in [0.3, 0.4) is 0 Å². The molecule has 3 amide bonds. The summed E-state index contributed by atoms with van der Waals surface area (Å²) in [6, 6.07) is 8.83. The van der Waals surface area contributed by atoms with Crippen molar-refractivity contribution in [1.82, 2.24) is 25.3 Å². The first-order valence-electron chi connectivity index (χ1n) is 11.0. The maximum Gasteiger partial charge on any atom is 0.272 e. The average molecular weight is 458 g/mol. The van der Waals surface area contributed by atoms with Gasteiger partial charge in [-0.3, -0.25) is 19.1 Å². The first kappa shape index (κ1) is 22.3. The van der Waals surface area contributed by atoms with Crippen molar-refractivity contribution >= 4 is 29.3 Å². The lowest BCUT2D eigenvalue weighted by Gasteiger charge is -2.41. The lowest BCUT2D eigenvalue weighted by atomic mass is 9.92. The predicted molar refractivity (Wildman–Crippen MR) is 120 cm³/mol. The summed E-state index contributed by atoms with van der Waals surface area (Å²) in [5.41, 5.74) is 0.212. The second-order valence-corrected chi connectivity index (χ2v) is 9.27. The van der Waals surface area contributed by atoms with Crippen LogP contribution in [0, 0.1) is 0 Å². The molecular formula is C23H28ClN5O3. The van der Waals surface area contributed by atoms with E-state index in [2.05, 4.69) is 15.7 Å². The van der Waals surface area contributed by atoms with E-state index in [9.17, 15) is 14.4 Å². The van der Waals surface area contributed by atoms with Gasteiger partial charge < -0.3 is 15.5 Å². The number of likely N-dealkylation sites (N-methyl/N-ethyl adjacent to an activating group) is 1. The van der Waals surface area contributed by atoms with Crippen LogP contribution in [0.25, 0.3) is 0 Å². The first-order valence-corrected chi connectivity index (χ1v) is 11.4. The minimum Gasteiger partial charge on any atom is -0.351 e. The zero-order chi connectivity index (χ0) is 22.9. The molecule has 1 atom stereocenters. The van der Waals surface area contributed by atoms with Crippen LogP contribution in [0.4, 0.5) is 0 Å². The topological polar surface area (TPSA) is 96.3 Å². The van der Waals surface area contributed by atoms with Crippen molar-refractivity contribution in [2.45, 2.75) is 63.7 Å². The Morgan fingerprint density at radius 1 is 1.22 bits per heavy atom. The molecule has 0 radical (unpaired) electrons. The number of nitrogens with zero attached hydrogens (tertiary/aromatic N) is 3. The first-order chi connectivity index (χ1) is 15.3. The smallest absolute Gasteiger partial charge is 0.272 e. The highest BCUT2D eigenvalue weighted by molar-refractivity contribution is 6.30. The SMILES string of the molecule is CN1C(=O)c2cc(C(=O)NCc3cccc(Cl)c3)nn2C[C@@]1(C)C(=O)NC1CCCCC1. The van der Waals surface area contributed by atoms with Crippen LogP contribution in [0.2, 0.25) is 5.02 Å². The Balaban J connectivity index is 1.48. The van der Waals surface area contributed by atoms with Gasteiger partial charge in [0, 0.05) is 30.7 Å². The van der Waals surface area contributed by atoms with Crippen LogP contribution in [-0.2, 0) is 17.9 Å². The number of aromatic nitrogens is 2. The molecule has 8 nitrogen and oxygen atoms in total. The second-order valence-electron chi connectivity index (χ2n) is 8.83. The highest BCUT2D eigenvalue weighted by Gasteiger charge is 2.46. The zero-order valence-electron chi connectivity index (χ0n) is 18.4. The standard InChI is InChI=1S/C23H28ClN5O3/c1-23(22(32)26-17-9-4-3-5-10-17)14-29-19(21(31)28(23)2)12-18(27-29)20(30)25-13-15-7-6-8-16(24)11-15/h6-8,11-12,17H,3-5,9-10,13-14H2,1-2H3,(H,25,30)(H,26,32)/t23-/m0/s1. The normalized spacial score (nSPS) is 21.2. The van der Waals surface area contributed by atoms with Crippen molar-refractivity contribution in [1.29, 1.82) is 0 Å². The summed E-state index contributed by atoms with van der Waals surface area (Å²) in [7, 11) is 1.62. The van der Waals surface area contributed by atoms with Gasteiger partial charge in [0.2, 0.25) is 5.91 Å². The molecule has 2 N–H and O–H groups in total. The summed E-state index contributed by atoms with van der Waals surface area (Å²) < 4.78 is 1.47. The fraction of sp³-hybridized carbons (Fsp3) is 0.478. The molecule has 1 aromatic carbocycles. The van der Waals surface area contributed by atoms with Crippen molar-refractivity contribution in [3.8, 4) is 0 Å². The van der Waals surface area contributed by atoms with E-state index in [0.29, 0.717) is 10.7 Å². The molecule has 2 aromatic rings. The summed E-state index contributed by atoms with van der Waals surface area (Å²) in [6.45, 7) is 2.22. The molecule has 1 aliphatic heterocycles. The third-order valence-corrected chi connectivity index (χ3v) is 6.74. The van der Waals surface area contributed by atoms with Crippen molar-refractivity contribution in [2.24, 2.45) is 0 Å². The van der Waals surface area contributed by atoms with E-state index in [1.54, 1.807) is 26.1 Å². The van der Waals surface area contributed by atoms with Gasteiger partial charge in [0.1, 0.15) is 11.2 Å². The minimum atomic E-state index is -1.08. The zero-order valence-corrected chi connectivity index (χ0v) is 19.1. The van der Waals surface area contributed by atoms with Gasteiger partial charge in [0.25, 0.3) is 11.8 Å². The predicted octanol–water partition coefficient (Wildman–Crippen LogP) is 2.76. The molecule has 2 aliphatic rings. The second kappa shape index (κ2) is 8.94. The number of carbonyl (C=O) groups is 3. The molecule has 0 saturated heterocycles. The van der Waals surface area contributed by atoms with Crippen LogP contribution in [-0.4, -0.2) is 51.0 Å². The number of hydrogen-bond donors (Lipinski definition) is 2. The Morgan fingerprint density at radius 3 is 2.69 bits per heavy atom. The molecule has 1 saturated carbocycles. The third-order valence-electron chi connectivity index (χ3n) is 6.51. The largest absolute Gasteiger partial charge is 0.351 e. The van der Waals surface area contributed by atoms with Gasteiger partial charge >= 0.3 is 0 Å². The molecular weight excluding hydrogens is 430 g/mol. The fourth-order valence-corrected chi connectivity index (χ4v) is 4.56. The molecule has 9 heteroatoms. The number of hydrogen-bond acceptors (Lipinski definition) is 4. The third kappa shape index (κ3) is 4.37. The van der Waals surface area contributed by atoms with Gasteiger partial charge in [-0.25, -0.2) is 0 Å². The summed E-state index contributed by atoms with van der Waals surface area (Å²) in [5, 5.41) is 10.8. The van der Waals surface area contributed by atoms with Crippen molar-refractivity contribution < 1.29 is 14.4 Å². The Kier molecular flexibility index (Phi) is 6.24. The number of benzene rings is 1. The highest BCUT2D eigenvalue weighted by atomic mass is 35.5. The van der Waals surface area contributed by atoms with Crippen LogP contribution in [0.15, 0.2) is 30.3 Å². The summed E-state index contributed by atoms with van der Waals surface area (Å²) >= 11 is 5.99. The molecule has 4 rings (SSSR count). The number of halogens is 1. The Labute approximate surface area is 192 Å². The number of rotatable bonds is 5. The Morgan fingerprint density at radius 2 is 1.97 bits per heavy atom. The summed E-state index contributed by atoms with van der Waals surface area (Å²) in [5.74, 6) is -0.914. The van der Waals surface area contributed by atoms with Crippen LogP contribution in [0.1, 0.15) is 65.6 Å². The monoisotopic (exact) mass is 457 g/mol. The van der Waals surface area contributed by atoms with Gasteiger partial charge in [0.15, 0.2) is 5.69 Å².